The second-order valence-corrected chi connectivity index (χ2v) is 5.55. The van der Waals surface area contributed by atoms with E-state index in [9.17, 15) is 20.2 Å². The Morgan fingerprint density at radius 3 is 1.52 bits per heavy atom. The lowest BCUT2D eigenvalue weighted by atomic mass is 10.3. The van der Waals surface area contributed by atoms with Crippen molar-refractivity contribution in [2.24, 2.45) is 0 Å². The molecule has 0 fully saturated rings. The Balaban J connectivity index is 2.42. The maximum absolute atomic E-state index is 10.8. The molecule has 0 aliphatic heterocycles. The average molecular weight is 418 g/mol. The lowest BCUT2D eigenvalue weighted by molar-refractivity contribution is -0.385. The summed E-state index contributed by atoms with van der Waals surface area (Å²) in [5.41, 5.74) is -0.287. The van der Waals surface area contributed by atoms with Crippen LogP contribution in [-0.4, -0.2) is 9.85 Å². The summed E-state index contributed by atoms with van der Waals surface area (Å²) in [4.78, 5) is 20.4. The van der Waals surface area contributed by atoms with Crippen LogP contribution in [0.1, 0.15) is 0 Å². The first-order valence-corrected chi connectivity index (χ1v) is 7.03. The van der Waals surface area contributed by atoms with Crippen LogP contribution in [0.25, 0.3) is 0 Å². The topological polar surface area (TPSA) is 95.5 Å². The van der Waals surface area contributed by atoms with Crippen LogP contribution in [0.3, 0.4) is 0 Å². The van der Waals surface area contributed by atoms with Gasteiger partial charge in [0.05, 0.1) is 30.9 Å². The standard InChI is InChI=1S/C12H6Br2N2O5/c13-9-3-1-7(15(17)18)5-11(9)21-12-6-8(16(19)20)2-4-10(12)14/h1-6H. The maximum Gasteiger partial charge on any atom is 0.273 e. The molecule has 0 aliphatic rings. The van der Waals surface area contributed by atoms with Crippen molar-refractivity contribution in [1.29, 1.82) is 0 Å². The van der Waals surface area contributed by atoms with Gasteiger partial charge in [0.2, 0.25) is 0 Å². The number of non-ortho nitro benzene ring substituents is 2. The Labute approximate surface area is 135 Å². The molecule has 0 radical (unpaired) electrons. The Bertz CT molecular complexity index is 674. The van der Waals surface area contributed by atoms with E-state index in [-0.39, 0.29) is 22.9 Å². The van der Waals surface area contributed by atoms with Crippen molar-refractivity contribution in [2.75, 3.05) is 0 Å². The third kappa shape index (κ3) is 3.56. The van der Waals surface area contributed by atoms with Gasteiger partial charge >= 0.3 is 0 Å². The van der Waals surface area contributed by atoms with Crippen LogP contribution in [0, 0.1) is 20.2 Å². The van der Waals surface area contributed by atoms with Crippen LogP contribution >= 0.6 is 31.9 Å². The predicted molar refractivity (Wildman–Crippen MR) is 81.7 cm³/mol. The van der Waals surface area contributed by atoms with Gasteiger partial charge in [0, 0.05) is 12.1 Å². The van der Waals surface area contributed by atoms with Gasteiger partial charge in [0.1, 0.15) is 11.5 Å². The quantitative estimate of drug-likeness (QED) is 0.524. The highest BCUT2D eigenvalue weighted by Gasteiger charge is 2.15. The Morgan fingerprint density at radius 2 is 1.19 bits per heavy atom. The van der Waals surface area contributed by atoms with Gasteiger partial charge in [0.25, 0.3) is 11.4 Å². The molecular weight excluding hydrogens is 412 g/mol. The summed E-state index contributed by atoms with van der Waals surface area (Å²) in [5.74, 6) is 0.371. The van der Waals surface area contributed by atoms with Crippen molar-refractivity contribution in [3.8, 4) is 11.5 Å². The highest BCUT2D eigenvalue weighted by Crippen LogP contribution is 2.37. The molecule has 0 atom stereocenters. The molecule has 0 saturated carbocycles. The first kappa shape index (κ1) is 15.4. The molecule has 0 aromatic heterocycles. The van der Waals surface area contributed by atoms with Crippen molar-refractivity contribution in [3.63, 3.8) is 0 Å². The zero-order chi connectivity index (χ0) is 15.6. The molecule has 0 unspecified atom stereocenters. The minimum absolute atomic E-state index is 0.144. The molecule has 21 heavy (non-hydrogen) atoms. The number of benzene rings is 2. The number of nitrogens with zero attached hydrogens (tertiary/aromatic N) is 2. The fourth-order valence-electron chi connectivity index (χ4n) is 1.49. The molecule has 0 heterocycles. The van der Waals surface area contributed by atoms with E-state index in [0.29, 0.717) is 8.95 Å². The highest BCUT2D eigenvalue weighted by molar-refractivity contribution is 9.11. The lowest BCUT2D eigenvalue weighted by Gasteiger charge is -2.09. The summed E-state index contributed by atoms with van der Waals surface area (Å²) in [6.45, 7) is 0. The van der Waals surface area contributed by atoms with Crippen molar-refractivity contribution >= 4 is 43.2 Å². The lowest BCUT2D eigenvalue weighted by Crippen LogP contribution is -1.93. The minimum atomic E-state index is -0.554. The predicted octanol–water partition coefficient (Wildman–Crippen LogP) is 4.82. The molecule has 0 bridgehead atoms. The van der Waals surface area contributed by atoms with Crippen LogP contribution in [0.15, 0.2) is 45.3 Å². The van der Waals surface area contributed by atoms with Gasteiger partial charge in [-0.05, 0) is 44.0 Å². The SMILES string of the molecule is O=[N+]([O-])c1ccc(Br)c(Oc2cc([N+](=O)[O-])ccc2Br)c1. The normalized spacial score (nSPS) is 10.2. The molecule has 2 rings (SSSR count). The van der Waals surface area contributed by atoms with Crippen LogP contribution < -0.4 is 4.74 Å². The molecule has 0 saturated heterocycles. The zero-order valence-corrected chi connectivity index (χ0v) is 13.3. The summed E-state index contributed by atoms with van der Waals surface area (Å²) < 4.78 is 6.50. The van der Waals surface area contributed by atoms with E-state index in [0.717, 1.165) is 0 Å². The van der Waals surface area contributed by atoms with E-state index in [2.05, 4.69) is 31.9 Å². The Morgan fingerprint density at radius 1 is 0.810 bits per heavy atom. The van der Waals surface area contributed by atoms with Gasteiger partial charge in [-0.1, -0.05) is 0 Å². The van der Waals surface area contributed by atoms with E-state index in [1.807, 2.05) is 0 Å². The summed E-state index contributed by atoms with van der Waals surface area (Å²) in [5, 5.41) is 21.5. The van der Waals surface area contributed by atoms with E-state index in [1.54, 1.807) is 0 Å². The van der Waals surface area contributed by atoms with Crippen LogP contribution in [0.4, 0.5) is 11.4 Å². The number of ether oxygens (including phenoxy) is 1. The second-order valence-electron chi connectivity index (χ2n) is 3.85. The molecule has 7 nitrogen and oxygen atoms in total. The summed E-state index contributed by atoms with van der Waals surface area (Å²) in [6, 6.07) is 8.04. The van der Waals surface area contributed by atoms with Gasteiger partial charge in [-0.2, -0.15) is 0 Å². The molecule has 0 amide bonds. The van der Waals surface area contributed by atoms with E-state index < -0.39 is 9.85 Å². The molecule has 108 valence electrons. The molecule has 0 N–H and O–H groups in total. The number of hydrogen-bond donors (Lipinski definition) is 0. The smallest absolute Gasteiger partial charge is 0.273 e. The number of halogens is 2. The maximum atomic E-state index is 10.8. The Hall–Kier alpha value is -2.00. The third-order valence-electron chi connectivity index (χ3n) is 2.47. The van der Waals surface area contributed by atoms with Gasteiger partial charge < -0.3 is 4.74 Å². The summed E-state index contributed by atoms with van der Waals surface area (Å²) in [7, 11) is 0. The number of nitro benzene ring substituents is 2. The van der Waals surface area contributed by atoms with Crippen LogP contribution in [0.5, 0.6) is 11.5 Å². The summed E-state index contributed by atoms with van der Waals surface area (Å²) >= 11 is 6.42. The fraction of sp³-hybridized carbons (Fsp3) is 0. The molecular formula is C12H6Br2N2O5. The zero-order valence-electron chi connectivity index (χ0n) is 10.2. The van der Waals surface area contributed by atoms with Crippen molar-refractivity contribution in [3.05, 3.63) is 65.6 Å². The van der Waals surface area contributed by atoms with Gasteiger partial charge in [-0.25, -0.2) is 0 Å². The van der Waals surface area contributed by atoms with Crippen molar-refractivity contribution in [1.82, 2.24) is 0 Å². The van der Waals surface area contributed by atoms with Crippen molar-refractivity contribution in [2.45, 2.75) is 0 Å². The van der Waals surface area contributed by atoms with Gasteiger partial charge in [-0.3, -0.25) is 20.2 Å². The first-order chi connectivity index (χ1) is 9.88. The van der Waals surface area contributed by atoms with Gasteiger partial charge in [-0.15, -0.1) is 0 Å². The number of nitro groups is 2. The van der Waals surface area contributed by atoms with Gasteiger partial charge in [0.15, 0.2) is 0 Å². The summed E-state index contributed by atoms with van der Waals surface area (Å²) in [6.07, 6.45) is 0. The van der Waals surface area contributed by atoms with Crippen LogP contribution in [0.2, 0.25) is 0 Å². The van der Waals surface area contributed by atoms with Crippen molar-refractivity contribution < 1.29 is 14.6 Å². The largest absolute Gasteiger partial charge is 0.454 e. The Kier molecular flexibility index (Phi) is 4.53. The monoisotopic (exact) mass is 416 g/mol. The first-order valence-electron chi connectivity index (χ1n) is 5.44. The molecule has 9 heteroatoms. The molecule has 2 aromatic rings. The highest BCUT2D eigenvalue weighted by atomic mass is 79.9. The fourth-order valence-corrected chi connectivity index (χ4v) is 2.14. The van der Waals surface area contributed by atoms with E-state index in [4.69, 9.17) is 4.74 Å². The minimum Gasteiger partial charge on any atom is -0.454 e. The van der Waals surface area contributed by atoms with E-state index >= 15 is 0 Å². The third-order valence-corrected chi connectivity index (χ3v) is 3.78. The van der Waals surface area contributed by atoms with Crippen LogP contribution in [-0.2, 0) is 0 Å². The second kappa shape index (κ2) is 6.19. The van der Waals surface area contributed by atoms with E-state index in [1.165, 1.54) is 36.4 Å². The molecule has 0 spiro atoms. The molecule has 0 aliphatic carbocycles. The number of hydrogen-bond acceptors (Lipinski definition) is 5. The average Bonchev–Trinajstić information content (AvgIpc) is 2.43. The molecule has 2 aromatic carbocycles. The number of rotatable bonds is 4.